The lowest BCUT2D eigenvalue weighted by molar-refractivity contribution is -0.119. The van der Waals surface area contributed by atoms with Crippen molar-refractivity contribution in [3.05, 3.63) is 0 Å². The molecule has 0 aromatic carbocycles. The van der Waals surface area contributed by atoms with Gasteiger partial charge in [-0.1, -0.05) is 0 Å². The highest BCUT2D eigenvalue weighted by atomic mass is 16.6. The molecule has 0 saturated carbocycles. The Bertz CT molecular complexity index is 561. The second kappa shape index (κ2) is 4.84. The Morgan fingerprint density at radius 3 is 2.76 bits per heavy atom. The molecule has 10 heteroatoms. The SMILES string of the molecule is CC1=NC2C(=O)NC(=N)N=C2N1[C@@H]1O[C@H](CO)[C@@H](O)[C@H]1O. The summed E-state index contributed by atoms with van der Waals surface area (Å²) in [5.41, 5.74) is 0. The number of hydrogen-bond donors (Lipinski definition) is 5. The molecule has 3 rings (SSSR count). The van der Waals surface area contributed by atoms with Gasteiger partial charge in [0.1, 0.15) is 24.1 Å². The molecule has 1 amide bonds. The van der Waals surface area contributed by atoms with Crippen LogP contribution in [0.1, 0.15) is 6.92 Å². The zero-order chi connectivity index (χ0) is 15.3. The van der Waals surface area contributed by atoms with E-state index < -0.39 is 43.1 Å². The molecule has 1 saturated heterocycles. The van der Waals surface area contributed by atoms with Gasteiger partial charge in [-0.2, -0.15) is 4.99 Å². The van der Waals surface area contributed by atoms with Crippen LogP contribution in [0.15, 0.2) is 9.98 Å². The van der Waals surface area contributed by atoms with E-state index in [9.17, 15) is 15.0 Å². The van der Waals surface area contributed by atoms with Gasteiger partial charge >= 0.3 is 0 Å². The van der Waals surface area contributed by atoms with E-state index in [0.29, 0.717) is 5.84 Å². The molecule has 1 fully saturated rings. The van der Waals surface area contributed by atoms with Crippen molar-refractivity contribution in [3.63, 3.8) is 0 Å². The van der Waals surface area contributed by atoms with E-state index in [2.05, 4.69) is 15.3 Å². The fourth-order valence-electron chi connectivity index (χ4n) is 2.63. The van der Waals surface area contributed by atoms with E-state index >= 15 is 0 Å². The summed E-state index contributed by atoms with van der Waals surface area (Å²) in [4.78, 5) is 21.2. The summed E-state index contributed by atoms with van der Waals surface area (Å²) in [6.07, 6.45) is -4.52. The number of guanidine groups is 1. The van der Waals surface area contributed by atoms with E-state index in [4.69, 9.17) is 15.3 Å². The van der Waals surface area contributed by atoms with Gasteiger partial charge in [0.25, 0.3) is 5.91 Å². The number of ether oxygens (including phenoxy) is 1. The smallest absolute Gasteiger partial charge is 0.259 e. The fraction of sp³-hybridized carbons (Fsp3) is 0.636. The van der Waals surface area contributed by atoms with Crippen LogP contribution in [-0.2, 0) is 9.53 Å². The first-order valence-corrected chi connectivity index (χ1v) is 6.38. The van der Waals surface area contributed by atoms with Gasteiger partial charge in [-0.05, 0) is 6.92 Å². The van der Waals surface area contributed by atoms with Gasteiger partial charge in [0.15, 0.2) is 18.1 Å². The number of aliphatic hydroxyl groups is 3. The van der Waals surface area contributed by atoms with Gasteiger partial charge in [0, 0.05) is 0 Å². The minimum atomic E-state index is -1.30. The second-order valence-electron chi connectivity index (χ2n) is 4.99. The van der Waals surface area contributed by atoms with Crippen molar-refractivity contribution < 1.29 is 24.9 Å². The Kier molecular flexibility index (Phi) is 3.24. The highest BCUT2D eigenvalue weighted by molar-refractivity contribution is 6.25. The number of rotatable bonds is 2. The molecule has 3 heterocycles. The molecule has 3 aliphatic heterocycles. The topological polar surface area (TPSA) is 151 Å². The van der Waals surface area contributed by atoms with Crippen LogP contribution in [0.2, 0.25) is 0 Å². The minimum Gasteiger partial charge on any atom is -0.394 e. The third-order valence-electron chi connectivity index (χ3n) is 3.64. The van der Waals surface area contributed by atoms with Crippen LogP contribution >= 0.6 is 0 Å². The number of amides is 1. The molecule has 3 aliphatic rings. The lowest BCUT2D eigenvalue weighted by atomic mass is 10.1. The van der Waals surface area contributed by atoms with Crippen LogP contribution in [-0.4, -0.2) is 80.9 Å². The largest absolute Gasteiger partial charge is 0.394 e. The van der Waals surface area contributed by atoms with Crippen molar-refractivity contribution in [2.75, 3.05) is 6.61 Å². The number of carbonyl (C=O) groups excluding carboxylic acids is 1. The van der Waals surface area contributed by atoms with Crippen molar-refractivity contribution >= 4 is 23.5 Å². The Morgan fingerprint density at radius 1 is 1.43 bits per heavy atom. The van der Waals surface area contributed by atoms with Crippen LogP contribution in [0.5, 0.6) is 0 Å². The summed E-state index contributed by atoms with van der Waals surface area (Å²) in [5.74, 6) is -0.277. The zero-order valence-corrected chi connectivity index (χ0v) is 11.1. The summed E-state index contributed by atoms with van der Waals surface area (Å²) < 4.78 is 5.42. The third-order valence-corrected chi connectivity index (χ3v) is 3.64. The number of nitrogens with zero attached hydrogens (tertiary/aromatic N) is 3. The van der Waals surface area contributed by atoms with Crippen molar-refractivity contribution in [1.82, 2.24) is 10.2 Å². The highest BCUT2D eigenvalue weighted by Crippen LogP contribution is 2.28. The monoisotopic (exact) mass is 297 g/mol. The molecule has 21 heavy (non-hydrogen) atoms. The van der Waals surface area contributed by atoms with Crippen LogP contribution in [0.25, 0.3) is 0 Å². The van der Waals surface area contributed by atoms with E-state index in [-0.39, 0.29) is 11.8 Å². The number of fused-ring (bicyclic) bond motifs is 1. The third kappa shape index (κ3) is 2.03. The normalized spacial score (nSPS) is 39.0. The number of carbonyl (C=O) groups is 1. The number of nitrogens with one attached hydrogen (secondary N) is 2. The van der Waals surface area contributed by atoms with Gasteiger partial charge in [0.05, 0.1) is 6.61 Å². The second-order valence-corrected chi connectivity index (χ2v) is 4.99. The molecule has 114 valence electrons. The van der Waals surface area contributed by atoms with Gasteiger partial charge in [0.2, 0.25) is 5.96 Å². The Balaban J connectivity index is 1.94. The van der Waals surface area contributed by atoms with Crippen molar-refractivity contribution in [1.29, 1.82) is 5.41 Å². The summed E-state index contributed by atoms with van der Waals surface area (Å²) in [7, 11) is 0. The molecule has 0 spiro atoms. The molecule has 0 aromatic rings. The summed E-state index contributed by atoms with van der Waals surface area (Å²) in [6, 6.07) is -0.903. The molecule has 5 N–H and O–H groups in total. The van der Waals surface area contributed by atoms with E-state index in [1.54, 1.807) is 6.92 Å². The summed E-state index contributed by atoms with van der Waals surface area (Å²) >= 11 is 0. The van der Waals surface area contributed by atoms with E-state index in [1.165, 1.54) is 4.90 Å². The maximum atomic E-state index is 11.8. The first-order chi connectivity index (χ1) is 9.93. The Labute approximate surface area is 119 Å². The quantitative estimate of drug-likeness (QED) is 0.366. The highest BCUT2D eigenvalue weighted by Gasteiger charge is 2.51. The maximum absolute atomic E-state index is 11.8. The molecule has 0 aliphatic carbocycles. The van der Waals surface area contributed by atoms with Crippen molar-refractivity contribution in [2.24, 2.45) is 9.98 Å². The molecule has 1 unspecified atom stereocenters. The van der Waals surface area contributed by atoms with Crippen LogP contribution < -0.4 is 5.32 Å². The predicted octanol–water partition coefficient (Wildman–Crippen LogP) is -3.01. The van der Waals surface area contributed by atoms with Crippen molar-refractivity contribution in [2.45, 2.75) is 37.5 Å². The van der Waals surface area contributed by atoms with Gasteiger partial charge < -0.3 is 20.1 Å². The number of aliphatic imine (C=N–C) groups is 2. The van der Waals surface area contributed by atoms with Crippen LogP contribution in [0, 0.1) is 5.41 Å². The van der Waals surface area contributed by atoms with Gasteiger partial charge in [-0.25, -0.2) is 0 Å². The maximum Gasteiger partial charge on any atom is 0.259 e. The number of aliphatic hydroxyl groups excluding tert-OH is 3. The number of amidine groups is 2. The molecular formula is C11H15N5O5. The average molecular weight is 297 g/mol. The van der Waals surface area contributed by atoms with Crippen molar-refractivity contribution in [3.8, 4) is 0 Å². The number of hydrogen-bond acceptors (Lipinski definition) is 8. The Hall–Kier alpha value is -1.88. The first-order valence-electron chi connectivity index (χ1n) is 6.38. The standard InChI is InChI=1S/C11H15N5O5/c1-3-13-5-8(14-11(12)15-9(5)20)16(3)10-7(19)6(18)4(2-17)21-10/h4-7,10,17-19H,2H2,1H3,(H2,12,15,20)/t4-,5?,6-,7-,10-/m1/s1. The average Bonchev–Trinajstić information content (AvgIpc) is 2.89. The molecule has 10 nitrogen and oxygen atoms in total. The first kappa shape index (κ1) is 14.1. The summed E-state index contributed by atoms with van der Waals surface area (Å²) in [6.45, 7) is 1.15. The Morgan fingerprint density at radius 2 is 2.14 bits per heavy atom. The van der Waals surface area contributed by atoms with E-state index in [0.717, 1.165) is 0 Å². The lowest BCUT2D eigenvalue weighted by Crippen LogP contribution is -2.54. The molecule has 0 bridgehead atoms. The molecule has 5 atom stereocenters. The van der Waals surface area contributed by atoms with E-state index in [1.807, 2.05) is 0 Å². The lowest BCUT2D eigenvalue weighted by Gasteiger charge is -2.30. The molecule has 0 radical (unpaired) electrons. The minimum absolute atomic E-state index is 0.163. The van der Waals surface area contributed by atoms with Gasteiger partial charge in [-0.3, -0.25) is 25.4 Å². The summed E-state index contributed by atoms with van der Waals surface area (Å²) in [5, 5.41) is 38.7. The molecule has 0 aromatic heterocycles. The van der Waals surface area contributed by atoms with Gasteiger partial charge in [-0.15, -0.1) is 0 Å². The van der Waals surface area contributed by atoms with Crippen LogP contribution in [0.3, 0.4) is 0 Å². The molecular weight excluding hydrogens is 282 g/mol. The fourth-order valence-corrected chi connectivity index (χ4v) is 2.63. The zero-order valence-electron chi connectivity index (χ0n) is 11.1. The van der Waals surface area contributed by atoms with Crippen LogP contribution in [0.4, 0.5) is 0 Å². The predicted molar refractivity (Wildman–Crippen MR) is 69.8 cm³/mol.